The molecule has 30 heavy (non-hydrogen) atoms. The first-order chi connectivity index (χ1) is 14.4. The van der Waals surface area contributed by atoms with E-state index in [2.05, 4.69) is 10.6 Å². The molecule has 0 bridgehead atoms. The van der Waals surface area contributed by atoms with Crippen LogP contribution in [0.15, 0.2) is 77.7 Å². The summed E-state index contributed by atoms with van der Waals surface area (Å²) in [5.74, 6) is -0.680. The molecule has 154 valence electrons. The van der Waals surface area contributed by atoms with E-state index in [1.807, 2.05) is 50.2 Å². The van der Waals surface area contributed by atoms with E-state index in [4.69, 9.17) is 0 Å². The number of halogens is 1. The summed E-state index contributed by atoms with van der Waals surface area (Å²) in [6.45, 7) is 3.91. The zero-order valence-corrected chi connectivity index (χ0v) is 17.6. The molecule has 0 spiro atoms. The highest BCUT2D eigenvalue weighted by Gasteiger charge is 2.18. The number of nitrogens with one attached hydrogen (secondary N) is 2. The zero-order valence-electron chi connectivity index (χ0n) is 16.8. The molecule has 1 unspecified atom stereocenters. The average molecular weight is 423 g/mol. The highest BCUT2D eigenvalue weighted by atomic mass is 32.2. The van der Waals surface area contributed by atoms with Gasteiger partial charge in [0.15, 0.2) is 0 Å². The van der Waals surface area contributed by atoms with E-state index in [1.165, 1.54) is 36.0 Å². The molecule has 0 aliphatic heterocycles. The number of rotatable bonds is 7. The summed E-state index contributed by atoms with van der Waals surface area (Å²) in [5, 5.41) is 5.39. The maximum absolute atomic E-state index is 13.0. The van der Waals surface area contributed by atoms with Crippen LogP contribution in [0.2, 0.25) is 0 Å². The van der Waals surface area contributed by atoms with Gasteiger partial charge in [0, 0.05) is 21.8 Å². The number of thioether (sulfide) groups is 1. The third kappa shape index (κ3) is 5.94. The number of anilines is 2. The molecule has 1 atom stereocenters. The van der Waals surface area contributed by atoms with Crippen LogP contribution in [0.5, 0.6) is 0 Å². The maximum Gasteiger partial charge on any atom is 0.255 e. The van der Waals surface area contributed by atoms with Gasteiger partial charge >= 0.3 is 0 Å². The molecule has 4 nitrogen and oxygen atoms in total. The Hall–Kier alpha value is -3.12. The normalized spacial score (nSPS) is 11.6. The quantitative estimate of drug-likeness (QED) is 0.466. The molecule has 0 fully saturated rings. The van der Waals surface area contributed by atoms with E-state index in [0.29, 0.717) is 23.4 Å². The van der Waals surface area contributed by atoms with Crippen LogP contribution in [0.1, 0.15) is 29.3 Å². The molecule has 2 N–H and O–H groups in total. The lowest BCUT2D eigenvalue weighted by atomic mass is 10.1. The van der Waals surface area contributed by atoms with Crippen molar-refractivity contribution < 1.29 is 14.0 Å². The Labute approximate surface area is 179 Å². The Morgan fingerprint density at radius 2 is 1.63 bits per heavy atom. The van der Waals surface area contributed by atoms with Crippen LogP contribution in [0, 0.1) is 12.7 Å². The van der Waals surface area contributed by atoms with Crippen molar-refractivity contribution >= 4 is 35.0 Å². The van der Waals surface area contributed by atoms with Crippen LogP contribution in [0.25, 0.3) is 0 Å². The molecule has 0 aliphatic rings. The van der Waals surface area contributed by atoms with Crippen molar-refractivity contribution in [2.75, 3.05) is 10.6 Å². The molecular weight excluding hydrogens is 399 g/mol. The fourth-order valence-electron chi connectivity index (χ4n) is 2.80. The van der Waals surface area contributed by atoms with Gasteiger partial charge in [-0.05, 0) is 67.9 Å². The Kier molecular flexibility index (Phi) is 7.25. The van der Waals surface area contributed by atoms with Gasteiger partial charge in [-0.3, -0.25) is 9.59 Å². The molecule has 6 heteroatoms. The minimum absolute atomic E-state index is 0.150. The van der Waals surface area contributed by atoms with Crippen molar-refractivity contribution in [1.29, 1.82) is 0 Å². The number of hydrogen-bond acceptors (Lipinski definition) is 3. The summed E-state index contributed by atoms with van der Waals surface area (Å²) in [5.41, 5.74) is 2.90. The van der Waals surface area contributed by atoms with Crippen LogP contribution in [-0.2, 0) is 4.79 Å². The fraction of sp³-hybridized carbons (Fsp3) is 0.167. The number of hydrogen-bond donors (Lipinski definition) is 2. The van der Waals surface area contributed by atoms with Crippen molar-refractivity contribution in [3.8, 4) is 0 Å². The monoisotopic (exact) mass is 422 g/mol. The summed E-state index contributed by atoms with van der Waals surface area (Å²) in [4.78, 5) is 25.9. The smallest absolute Gasteiger partial charge is 0.255 e. The van der Waals surface area contributed by atoms with Crippen LogP contribution in [-0.4, -0.2) is 17.1 Å². The Morgan fingerprint density at radius 3 is 2.30 bits per heavy atom. The average Bonchev–Trinajstić information content (AvgIpc) is 2.74. The molecule has 0 heterocycles. The Balaban J connectivity index is 1.65. The third-order valence-electron chi connectivity index (χ3n) is 4.46. The summed E-state index contributed by atoms with van der Waals surface area (Å²) in [6.07, 6.45) is 0.623. The van der Waals surface area contributed by atoms with Crippen molar-refractivity contribution in [3.63, 3.8) is 0 Å². The summed E-state index contributed by atoms with van der Waals surface area (Å²) >= 11 is 1.42. The number of carbonyl (C=O) groups excluding carboxylic acids is 2. The van der Waals surface area contributed by atoms with E-state index in [9.17, 15) is 14.0 Å². The van der Waals surface area contributed by atoms with E-state index in [-0.39, 0.29) is 22.9 Å². The van der Waals surface area contributed by atoms with Gasteiger partial charge in [-0.25, -0.2) is 4.39 Å². The minimum Gasteiger partial charge on any atom is -0.325 e. The van der Waals surface area contributed by atoms with Crippen molar-refractivity contribution in [2.24, 2.45) is 0 Å². The van der Waals surface area contributed by atoms with Gasteiger partial charge in [-0.15, -0.1) is 11.8 Å². The molecule has 0 aromatic heterocycles. The predicted molar refractivity (Wildman–Crippen MR) is 121 cm³/mol. The van der Waals surface area contributed by atoms with Crippen molar-refractivity contribution in [2.45, 2.75) is 30.4 Å². The van der Waals surface area contributed by atoms with Gasteiger partial charge in [0.05, 0.1) is 5.25 Å². The molecule has 3 aromatic rings. The first kappa shape index (κ1) is 21.6. The fourth-order valence-corrected chi connectivity index (χ4v) is 3.81. The van der Waals surface area contributed by atoms with E-state index >= 15 is 0 Å². The summed E-state index contributed by atoms with van der Waals surface area (Å²) in [7, 11) is 0. The van der Waals surface area contributed by atoms with Crippen LogP contribution in [0.4, 0.5) is 15.8 Å². The van der Waals surface area contributed by atoms with Gasteiger partial charge in [-0.2, -0.15) is 0 Å². The Morgan fingerprint density at radius 1 is 0.933 bits per heavy atom. The molecule has 0 radical (unpaired) electrons. The van der Waals surface area contributed by atoms with Crippen molar-refractivity contribution in [1.82, 2.24) is 0 Å². The standard InChI is InChI=1S/C24H23FN2O2S/c1-3-22(24(29)26-19-13-11-18(25)12-14-19)30-21-6-4-5-20(15-21)27-23(28)17-9-7-16(2)8-10-17/h4-15,22H,3H2,1-2H3,(H,26,29)(H,27,28). The molecule has 0 aliphatic carbocycles. The minimum atomic E-state index is -0.348. The number of amides is 2. The van der Waals surface area contributed by atoms with E-state index in [0.717, 1.165) is 10.5 Å². The molecular formula is C24H23FN2O2S. The largest absolute Gasteiger partial charge is 0.325 e. The van der Waals surface area contributed by atoms with Gasteiger partial charge in [-0.1, -0.05) is 30.7 Å². The molecule has 0 saturated carbocycles. The predicted octanol–water partition coefficient (Wildman–Crippen LogP) is 5.90. The second kappa shape index (κ2) is 10.1. The second-order valence-electron chi connectivity index (χ2n) is 6.86. The Bertz CT molecular complexity index is 1020. The topological polar surface area (TPSA) is 58.2 Å². The van der Waals surface area contributed by atoms with Gasteiger partial charge in [0.1, 0.15) is 5.82 Å². The molecule has 2 amide bonds. The third-order valence-corrected chi connectivity index (χ3v) is 5.82. The SMILES string of the molecule is CCC(Sc1cccc(NC(=O)c2ccc(C)cc2)c1)C(=O)Nc1ccc(F)cc1. The molecule has 3 aromatic carbocycles. The first-order valence-electron chi connectivity index (χ1n) is 9.66. The number of carbonyl (C=O) groups is 2. The summed E-state index contributed by atoms with van der Waals surface area (Å²) in [6, 6.07) is 20.5. The lowest BCUT2D eigenvalue weighted by molar-refractivity contribution is -0.115. The zero-order chi connectivity index (χ0) is 21.5. The first-order valence-corrected chi connectivity index (χ1v) is 10.5. The van der Waals surface area contributed by atoms with Crippen molar-refractivity contribution in [3.05, 3.63) is 89.7 Å². The molecule has 0 saturated heterocycles. The highest BCUT2D eigenvalue weighted by Crippen LogP contribution is 2.28. The van der Waals surface area contributed by atoms with Gasteiger partial charge < -0.3 is 10.6 Å². The lowest BCUT2D eigenvalue weighted by Gasteiger charge is -2.15. The number of benzene rings is 3. The van der Waals surface area contributed by atoms with Crippen LogP contribution in [0.3, 0.4) is 0 Å². The van der Waals surface area contributed by atoms with E-state index in [1.54, 1.807) is 12.1 Å². The second-order valence-corrected chi connectivity index (χ2v) is 8.14. The van der Waals surface area contributed by atoms with E-state index < -0.39 is 0 Å². The lowest BCUT2D eigenvalue weighted by Crippen LogP contribution is -2.24. The van der Waals surface area contributed by atoms with Gasteiger partial charge in [0.25, 0.3) is 5.91 Å². The molecule has 3 rings (SSSR count). The maximum atomic E-state index is 13.0. The van der Waals surface area contributed by atoms with Gasteiger partial charge in [0.2, 0.25) is 5.91 Å². The highest BCUT2D eigenvalue weighted by molar-refractivity contribution is 8.00. The van der Waals surface area contributed by atoms with Crippen LogP contribution < -0.4 is 10.6 Å². The number of aryl methyl sites for hydroxylation is 1. The summed E-state index contributed by atoms with van der Waals surface area (Å²) < 4.78 is 13.0. The van der Waals surface area contributed by atoms with Crippen LogP contribution >= 0.6 is 11.8 Å².